The number of aryl methyl sites for hydroxylation is 1. The molecule has 1 atom stereocenters. The second-order valence-electron chi connectivity index (χ2n) is 6.64. The van der Waals surface area contributed by atoms with Crippen LogP contribution in [-0.2, 0) is 7.05 Å². The highest BCUT2D eigenvalue weighted by atomic mass is 19.1. The number of aliphatic hydroxyl groups is 1. The molecule has 3 heterocycles. The fraction of sp³-hybridized carbons (Fsp3) is 0.143. The molecule has 1 aromatic carbocycles. The van der Waals surface area contributed by atoms with Crippen molar-refractivity contribution in [3.63, 3.8) is 0 Å². The van der Waals surface area contributed by atoms with Crippen molar-refractivity contribution < 1.29 is 9.50 Å². The van der Waals surface area contributed by atoms with E-state index in [0.29, 0.717) is 22.8 Å². The SMILES string of the molecule is Cn1nccc1Nc1nccc(-c2ccn([C@@H](CO)c3cccc(F)c3)c(=O)c2)n1. The standard InChI is InChI=1S/C21H19FN6O2/c1-27-19(6-9-24-27)26-21-23-8-5-17(25-21)14-7-10-28(20(30)12-14)18(13-29)15-3-2-4-16(22)11-15/h2-12,18,29H,13H2,1H3,(H,23,25,26)/t18-/m0/s1. The monoisotopic (exact) mass is 406 g/mol. The van der Waals surface area contributed by atoms with Gasteiger partial charge in [0.1, 0.15) is 11.6 Å². The molecule has 0 saturated heterocycles. The molecule has 0 fully saturated rings. The predicted octanol–water partition coefficient (Wildman–Crippen LogP) is 2.50. The van der Waals surface area contributed by atoms with Gasteiger partial charge in [-0.1, -0.05) is 12.1 Å². The topological polar surface area (TPSA) is 97.9 Å². The Kier molecular flexibility index (Phi) is 5.36. The van der Waals surface area contributed by atoms with E-state index in [0.717, 1.165) is 5.82 Å². The molecular weight excluding hydrogens is 387 g/mol. The van der Waals surface area contributed by atoms with Crippen molar-refractivity contribution in [3.8, 4) is 11.3 Å². The fourth-order valence-corrected chi connectivity index (χ4v) is 3.17. The molecule has 30 heavy (non-hydrogen) atoms. The molecule has 3 aromatic heterocycles. The molecule has 152 valence electrons. The van der Waals surface area contributed by atoms with Gasteiger partial charge < -0.3 is 15.0 Å². The molecule has 0 aliphatic rings. The lowest BCUT2D eigenvalue weighted by Crippen LogP contribution is -2.27. The smallest absolute Gasteiger partial charge is 0.251 e. The number of halogens is 1. The zero-order valence-electron chi connectivity index (χ0n) is 16.1. The molecule has 0 spiro atoms. The Labute approximate surface area is 171 Å². The zero-order valence-corrected chi connectivity index (χ0v) is 16.1. The van der Waals surface area contributed by atoms with Gasteiger partial charge in [-0.05, 0) is 29.8 Å². The third-order valence-electron chi connectivity index (χ3n) is 4.70. The quantitative estimate of drug-likeness (QED) is 0.511. The van der Waals surface area contributed by atoms with E-state index >= 15 is 0 Å². The Bertz CT molecular complexity index is 1240. The van der Waals surface area contributed by atoms with E-state index < -0.39 is 11.9 Å². The predicted molar refractivity (Wildman–Crippen MR) is 110 cm³/mol. The van der Waals surface area contributed by atoms with Crippen LogP contribution in [0.3, 0.4) is 0 Å². The second-order valence-corrected chi connectivity index (χ2v) is 6.64. The number of benzene rings is 1. The van der Waals surface area contributed by atoms with Crippen LogP contribution in [0.25, 0.3) is 11.3 Å². The Balaban J connectivity index is 1.64. The Morgan fingerprint density at radius 1 is 1.17 bits per heavy atom. The summed E-state index contributed by atoms with van der Waals surface area (Å²) in [5, 5.41) is 16.9. The summed E-state index contributed by atoms with van der Waals surface area (Å²) >= 11 is 0. The molecule has 0 bridgehead atoms. The van der Waals surface area contributed by atoms with Gasteiger partial charge in [0, 0.05) is 37.1 Å². The zero-order chi connectivity index (χ0) is 21.1. The van der Waals surface area contributed by atoms with Crippen LogP contribution in [0.1, 0.15) is 11.6 Å². The first-order chi connectivity index (χ1) is 14.5. The third kappa shape index (κ3) is 3.96. The molecule has 4 rings (SSSR count). The van der Waals surface area contributed by atoms with Crippen molar-refractivity contribution in [2.75, 3.05) is 11.9 Å². The first-order valence-corrected chi connectivity index (χ1v) is 9.22. The minimum absolute atomic E-state index is 0.337. The lowest BCUT2D eigenvalue weighted by Gasteiger charge is -2.18. The highest BCUT2D eigenvalue weighted by molar-refractivity contribution is 5.60. The molecular formula is C21H19FN6O2. The van der Waals surface area contributed by atoms with E-state index in [9.17, 15) is 14.3 Å². The minimum atomic E-state index is -0.685. The van der Waals surface area contributed by atoms with E-state index in [2.05, 4.69) is 20.4 Å². The van der Waals surface area contributed by atoms with Crippen molar-refractivity contribution >= 4 is 11.8 Å². The molecule has 0 amide bonds. The van der Waals surface area contributed by atoms with Gasteiger partial charge in [-0.25, -0.2) is 14.4 Å². The average Bonchev–Trinajstić information content (AvgIpc) is 3.14. The first-order valence-electron chi connectivity index (χ1n) is 9.22. The van der Waals surface area contributed by atoms with Crippen molar-refractivity contribution in [1.82, 2.24) is 24.3 Å². The van der Waals surface area contributed by atoms with Crippen molar-refractivity contribution in [2.45, 2.75) is 6.04 Å². The van der Waals surface area contributed by atoms with Gasteiger partial charge in [-0.2, -0.15) is 5.10 Å². The van der Waals surface area contributed by atoms with Crippen molar-refractivity contribution in [2.24, 2.45) is 7.05 Å². The number of aromatic nitrogens is 5. The fourth-order valence-electron chi connectivity index (χ4n) is 3.17. The van der Waals surface area contributed by atoms with Crippen molar-refractivity contribution in [3.05, 3.63) is 88.9 Å². The lowest BCUT2D eigenvalue weighted by atomic mass is 10.1. The molecule has 0 aliphatic carbocycles. The average molecular weight is 406 g/mol. The van der Waals surface area contributed by atoms with E-state index in [-0.39, 0.29) is 12.2 Å². The van der Waals surface area contributed by atoms with Crippen LogP contribution in [0.15, 0.2) is 71.9 Å². The summed E-state index contributed by atoms with van der Waals surface area (Å²) < 4.78 is 16.6. The van der Waals surface area contributed by atoms with Crippen molar-refractivity contribution in [1.29, 1.82) is 0 Å². The number of aliphatic hydroxyl groups excluding tert-OH is 1. The second kappa shape index (κ2) is 8.26. The van der Waals surface area contributed by atoms with Gasteiger partial charge in [-0.3, -0.25) is 9.48 Å². The van der Waals surface area contributed by atoms with Gasteiger partial charge in [-0.15, -0.1) is 0 Å². The van der Waals surface area contributed by atoms with Crippen LogP contribution >= 0.6 is 0 Å². The summed E-state index contributed by atoms with van der Waals surface area (Å²) in [6.07, 6.45) is 4.82. The van der Waals surface area contributed by atoms with Gasteiger partial charge >= 0.3 is 0 Å². The van der Waals surface area contributed by atoms with E-state index in [1.165, 1.54) is 22.8 Å². The van der Waals surface area contributed by atoms with Crippen LogP contribution in [0.4, 0.5) is 16.2 Å². The Hall–Kier alpha value is -3.85. The van der Waals surface area contributed by atoms with Gasteiger partial charge in [0.05, 0.1) is 24.5 Å². The Morgan fingerprint density at radius 3 is 2.73 bits per heavy atom. The molecule has 0 unspecified atom stereocenters. The maximum absolute atomic E-state index is 13.6. The number of anilines is 2. The summed E-state index contributed by atoms with van der Waals surface area (Å²) in [7, 11) is 1.79. The van der Waals surface area contributed by atoms with Crippen LogP contribution in [0.5, 0.6) is 0 Å². The number of nitrogens with one attached hydrogen (secondary N) is 1. The van der Waals surface area contributed by atoms with Gasteiger partial charge in [0.2, 0.25) is 5.95 Å². The number of hydrogen-bond acceptors (Lipinski definition) is 6. The number of hydrogen-bond donors (Lipinski definition) is 2. The molecule has 9 heteroatoms. The maximum atomic E-state index is 13.6. The molecule has 0 aliphatic heterocycles. The molecule has 2 N–H and O–H groups in total. The summed E-state index contributed by atoms with van der Waals surface area (Å²) in [6.45, 7) is -0.338. The molecule has 8 nitrogen and oxygen atoms in total. The normalized spacial score (nSPS) is 12.0. The number of rotatable bonds is 6. The summed E-state index contributed by atoms with van der Waals surface area (Å²) in [5.74, 6) is 0.668. The van der Waals surface area contributed by atoms with Crippen LogP contribution < -0.4 is 10.9 Å². The Morgan fingerprint density at radius 2 is 2.03 bits per heavy atom. The summed E-state index contributed by atoms with van der Waals surface area (Å²) in [4.78, 5) is 21.4. The number of pyridine rings is 1. The summed E-state index contributed by atoms with van der Waals surface area (Å²) in [6, 6.07) is 11.8. The van der Waals surface area contributed by atoms with Gasteiger partial charge in [0.15, 0.2) is 0 Å². The molecule has 0 saturated carbocycles. The van der Waals surface area contributed by atoms with Crippen LogP contribution in [0.2, 0.25) is 0 Å². The highest BCUT2D eigenvalue weighted by Gasteiger charge is 2.15. The van der Waals surface area contributed by atoms with E-state index in [1.807, 2.05) is 0 Å². The minimum Gasteiger partial charge on any atom is -0.394 e. The maximum Gasteiger partial charge on any atom is 0.251 e. The summed E-state index contributed by atoms with van der Waals surface area (Å²) in [5.41, 5.74) is 1.33. The lowest BCUT2D eigenvalue weighted by molar-refractivity contribution is 0.247. The van der Waals surface area contributed by atoms with Crippen LogP contribution in [-0.4, -0.2) is 36.0 Å². The number of nitrogens with zero attached hydrogens (tertiary/aromatic N) is 5. The molecule has 4 aromatic rings. The van der Waals surface area contributed by atoms with E-state index in [1.54, 1.807) is 60.7 Å². The largest absolute Gasteiger partial charge is 0.394 e. The van der Waals surface area contributed by atoms with E-state index in [4.69, 9.17) is 0 Å². The third-order valence-corrected chi connectivity index (χ3v) is 4.70. The highest BCUT2D eigenvalue weighted by Crippen LogP contribution is 2.21. The van der Waals surface area contributed by atoms with Gasteiger partial charge in [0.25, 0.3) is 5.56 Å². The van der Waals surface area contributed by atoms with Crippen LogP contribution in [0, 0.1) is 5.82 Å². The molecule has 0 radical (unpaired) electrons. The first kappa shape index (κ1) is 19.5.